The Morgan fingerprint density at radius 1 is 1.47 bits per heavy atom. The highest BCUT2D eigenvalue weighted by molar-refractivity contribution is 5.04. The van der Waals surface area contributed by atoms with Crippen LogP contribution in [0.3, 0.4) is 0 Å². The van der Waals surface area contributed by atoms with E-state index >= 15 is 0 Å². The Kier molecular flexibility index (Phi) is 4.59. The first-order valence-electron chi connectivity index (χ1n) is 6.33. The van der Waals surface area contributed by atoms with Crippen molar-refractivity contribution in [1.82, 2.24) is 10.2 Å². The Morgan fingerprint density at radius 2 is 2.35 bits per heavy atom. The van der Waals surface area contributed by atoms with Crippen LogP contribution in [0, 0.1) is 0 Å². The van der Waals surface area contributed by atoms with Crippen molar-refractivity contribution in [1.29, 1.82) is 0 Å². The molecule has 1 aromatic heterocycles. The van der Waals surface area contributed by atoms with Gasteiger partial charge in [0.05, 0.1) is 25.2 Å². The predicted molar refractivity (Wildman–Crippen MR) is 66.9 cm³/mol. The molecule has 1 aromatic rings. The molecule has 1 aliphatic rings. The maximum Gasteiger partial charge on any atom is 0.0947 e. The van der Waals surface area contributed by atoms with E-state index in [1.807, 2.05) is 6.07 Å². The van der Waals surface area contributed by atoms with E-state index in [0.29, 0.717) is 12.1 Å². The molecule has 1 aliphatic heterocycles. The summed E-state index contributed by atoms with van der Waals surface area (Å²) in [7, 11) is 0. The standard InChI is InChI=1S/C13H22N2O2/c1-11-9-17-12(2)8-15(11)5-4-14-7-13-3-6-16-10-13/h3,6,10-12,14H,4-5,7-9H2,1-2H3. The van der Waals surface area contributed by atoms with Crippen LogP contribution >= 0.6 is 0 Å². The SMILES string of the molecule is CC1CN(CCNCc2ccoc2)C(C)CO1. The molecule has 17 heavy (non-hydrogen) atoms. The molecule has 1 N–H and O–H groups in total. The summed E-state index contributed by atoms with van der Waals surface area (Å²) in [5.74, 6) is 0. The minimum atomic E-state index is 0.361. The Labute approximate surface area is 103 Å². The number of hydrogen-bond acceptors (Lipinski definition) is 4. The molecule has 0 radical (unpaired) electrons. The van der Waals surface area contributed by atoms with Gasteiger partial charge in [-0.05, 0) is 19.9 Å². The number of furan rings is 1. The van der Waals surface area contributed by atoms with Crippen LogP contribution in [-0.2, 0) is 11.3 Å². The van der Waals surface area contributed by atoms with Crippen molar-refractivity contribution >= 4 is 0 Å². The third-order valence-corrected chi connectivity index (χ3v) is 3.22. The highest BCUT2D eigenvalue weighted by Crippen LogP contribution is 2.10. The normalized spacial score (nSPS) is 26.2. The van der Waals surface area contributed by atoms with Crippen molar-refractivity contribution < 1.29 is 9.15 Å². The zero-order chi connectivity index (χ0) is 12.1. The quantitative estimate of drug-likeness (QED) is 0.788. The zero-order valence-corrected chi connectivity index (χ0v) is 10.7. The number of nitrogens with one attached hydrogen (secondary N) is 1. The first-order valence-corrected chi connectivity index (χ1v) is 6.33. The summed E-state index contributed by atoms with van der Waals surface area (Å²) in [5, 5.41) is 3.43. The summed E-state index contributed by atoms with van der Waals surface area (Å²) in [4.78, 5) is 2.48. The van der Waals surface area contributed by atoms with Crippen molar-refractivity contribution in [2.24, 2.45) is 0 Å². The van der Waals surface area contributed by atoms with Gasteiger partial charge < -0.3 is 14.5 Å². The Balaban J connectivity index is 1.64. The highest BCUT2D eigenvalue weighted by atomic mass is 16.5. The van der Waals surface area contributed by atoms with E-state index in [4.69, 9.17) is 9.15 Å². The van der Waals surface area contributed by atoms with Gasteiger partial charge in [0.1, 0.15) is 0 Å². The van der Waals surface area contributed by atoms with E-state index in [-0.39, 0.29) is 0 Å². The van der Waals surface area contributed by atoms with Gasteiger partial charge in [-0.1, -0.05) is 0 Å². The lowest BCUT2D eigenvalue weighted by molar-refractivity contribution is -0.0486. The number of ether oxygens (including phenoxy) is 1. The predicted octanol–water partition coefficient (Wildman–Crippen LogP) is 1.48. The monoisotopic (exact) mass is 238 g/mol. The summed E-state index contributed by atoms with van der Waals surface area (Å²) < 4.78 is 10.6. The van der Waals surface area contributed by atoms with Gasteiger partial charge in [0.15, 0.2) is 0 Å². The van der Waals surface area contributed by atoms with Crippen LogP contribution in [0.25, 0.3) is 0 Å². The second kappa shape index (κ2) is 6.19. The third-order valence-electron chi connectivity index (χ3n) is 3.22. The van der Waals surface area contributed by atoms with Crippen LogP contribution in [0.4, 0.5) is 0 Å². The molecule has 0 amide bonds. The van der Waals surface area contributed by atoms with Crippen molar-refractivity contribution in [3.8, 4) is 0 Å². The van der Waals surface area contributed by atoms with E-state index in [1.54, 1.807) is 12.5 Å². The van der Waals surface area contributed by atoms with Crippen LogP contribution in [0.2, 0.25) is 0 Å². The minimum absolute atomic E-state index is 0.361. The topological polar surface area (TPSA) is 37.6 Å². The van der Waals surface area contributed by atoms with Gasteiger partial charge in [-0.3, -0.25) is 4.90 Å². The van der Waals surface area contributed by atoms with Gasteiger partial charge in [0.2, 0.25) is 0 Å². The summed E-state index contributed by atoms with van der Waals surface area (Å²) in [5.41, 5.74) is 1.20. The molecule has 4 nitrogen and oxygen atoms in total. The van der Waals surface area contributed by atoms with Crippen molar-refractivity contribution in [3.05, 3.63) is 24.2 Å². The van der Waals surface area contributed by atoms with E-state index in [1.165, 1.54) is 5.56 Å². The molecular formula is C13H22N2O2. The average molecular weight is 238 g/mol. The molecule has 0 saturated carbocycles. The molecule has 2 atom stereocenters. The molecule has 1 saturated heterocycles. The van der Waals surface area contributed by atoms with E-state index < -0.39 is 0 Å². The fourth-order valence-corrected chi connectivity index (χ4v) is 2.13. The smallest absolute Gasteiger partial charge is 0.0947 e. The summed E-state index contributed by atoms with van der Waals surface area (Å²) in [6, 6.07) is 2.52. The molecule has 96 valence electrons. The zero-order valence-electron chi connectivity index (χ0n) is 10.7. The van der Waals surface area contributed by atoms with Gasteiger partial charge in [-0.2, -0.15) is 0 Å². The van der Waals surface area contributed by atoms with Gasteiger partial charge >= 0.3 is 0 Å². The van der Waals surface area contributed by atoms with Gasteiger partial charge in [0.25, 0.3) is 0 Å². The van der Waals surface area contributed by atoms with E-state index in [2.05, 4.69) is 24.1 Å². The van der Waals surface area contributed by atoms with Crippen LogP contribution in [0.5, 0.6) is 0 Å². The molecule has 4 heteroatoms. The van der Waals surface area contributed by atoms with Crippen molar-refractivity contribution in [2.75, 3.05) is 26.2 Å². The molecule has 0 aliphatic carbocycles. The summed E-state index contributed by atoms with van der Waals surface area (Å²) in [6.45, 7) is 9.21. The Bertz CT molecular complexity index is 313. The number of rotatable bonds is 5. The first kappa shape index (κ1) is 12.6. The lowest BCUT2D eigenvalue weighted by atomic mass is 10.2. The minimum Gasteiger partial charge on any atom is -0.472 e. The Morgan fingerprint density at radius 3 is 3.12 bits per heavy atom. The number of hydrogen-bond donors (Lipinski definition) is 1. The lowest BCUT2D eigenvalue weighted by Gasteiger charge is -2.36. The maximum atomic E-state index is 5.61. The Hall–Kier alpha value is -0.840. The molecule has 0 aromatic carbocycles. The fraction of sp³-hybridized carbons (Fsp3) is 0.692. The first-order chi connectivity index (χ1) is 8.25. The van der Waals surface area contributed by atoms with Crippen LogP contribution in [0.15, 0.2) is 23.0 Å². The second-order valence-electron chi connectivity index (χ2n) is 4.80. The van der Waals surface area contributed by atoms with Gasteiger partial charge in [-0.25, -0.2) is 0 Å². The molecule has 2 rings (SSSR count). The van der Waals surface area contributed by atoms with Crippen LogP contribution < -0.4 is 5.32 Å². The number of nitrogens with zero attached hydrogens (tertiary/aromatic N) is 1. The molecule has 2 heterocycles. The largest absolute Gasteiger partial charge is 0.472 e. The summed E-state index contributed by atoms with van der Waals surface area (Å²) in [6.07, 6.45) is 3.86. The van der Waals surface area contributed by atoms with E-state index in [0.717, 1.165) is 32.8 Å². The van der Waals surface area contributed by atoms with Gasteiger partial charge in [0, 0.05) is 37.8 Å². The third kappa shape index (κ3) is 3.84. The molecule has 0 bridgehead atoms. The van der Waals surface area contributed by atoms with Crippen LogP contribution in [-0.4, -0.2) is 43.3 Å². The lowest BCUT2D eigenvalue weighted by Crippen LogP contribution is -2.49. The second-order valence-corrected chi connectivity index (χ2v) is 4.80. The van der Waals surface area contributed by atoms with Gasteiger partial charge in [-0.15, -0.1) is 0 Å². The molecule has 2 unspecified atom stereocenters. The van der Waals surface area contributed by atoms with Crippen molar-refractivity contribution in [3.63, 3.8) is 0 Å². The van der Waals surface area contributed by atoms with Crippen LogP contribution in [0.1, 0.15) is 19.4 Å². The molecule has 0 spiro atoms. The molecular weight excluding hydrogens is 216 g/mol. The summed E-state index contributed by atoms with van der Waals surface area (Å²) >= 11 is 0. The van der Waals surface area contributed by atoms with E-state index in [9.17, 15) is 0 Å². The fourth-order valence-electron chi connectivity index (χ4n) is 2.13. The average Bonchev–Trinajstić information content (AvgIpc) is 2.82. The number of morpholine rings is 1. The maximum absolute atomic E-state index is 5.61. The van der Waals surface area contributed by atoms with Crippen molar-refractivity contribution in [2.45, 2.75) is 32.5 Å². The molecule has 1 fully saturated rings. The highest BCUT2D eigenvalue weighted by Gasteiger charge is 2.22.